The number of carbonyl (C=O) groups is 1. The minimum atomic E-state index is -4.27. The molecule has 1 fully saturated rings. The lowest BCUT2D eigenvalue weighted by Crippen LogP contribution is -2.32. The highest BCUT2D eigenvalue weighted by Gasteiger charge is 2.49. The summed E-state index contributed by atoms with van der Waals surface area (Å²) in [7, 11) is 0. The molecule has 1 saturated heterocycles. The Morgan fingerprint density at radius 1 is 1.29 bits per heavy atom. The van der Waals surface area contributed by atoms with Crippen molar-refractivity contribution in [2.24, 2.45) is 11.8 Å². The second-order valence-corrected chi connectivity index (χ2v) is 5.39. The van der Waals surface area contributed by atoms with Gasteiger partial charge < -0.3 is 4.74 Å². The molecular weight excluding hydrogens is 283 g/mol. The van der Waals surface area contributed by atoms with Gasteiger partial charge in [-0.15, -0.1) is 0 Å². The highest BCUT2D eigenvalue weighted by Crippen LogP contribution is 2.38. The Hall–Kier alpha value is -1.56. The first-order valence-corrected chi connectivity index (χ1v) is 6.82. The lowest BCUT2D eigenvalue weighted by molar-refractivity contribution is -0.185. The van der Waals surface area contributed by atoms with Crippen LogP contribution >= 0.6 is 0 Å². The third-order valence-corrected chi connectivity index (χ3v) is 3.69. The van der Waals surface area contributed by atoms with Crippen LogP contribution in [0.25, 0.3) is 0 Å². The van der Waals surface area contributed by atoms with E-state index in [1.807, 2.05) is 30.3 Å². The fourth-order valence-corrected chi connectivity index (χ4v) is 2.70. The van der Waals surface area contributed by atoms with Crippen molar-refractivity contribution in [2.75, 3.05) is 19.7 Å². The Kier molecular flexibility index (Phi) is 4.88. The van der Waals surface area contributed by atoms with Crippen molar-refractivity contribution in [2.45, 2.75) is 19.6 Å². The molecule has 2 unspecified atom stereocenters. The lowest BCUT2D eigenvalue weighted by Gasteiger charge is -2.20. The summed E-state index contributed by atoms with van der Waals surface area (Å²) >= 11 is 0. The number of benzene rings is 1. The van der Waals surface area contributed by atoms with E-state index in [-0.39, 0.29) is 19.7 Å². The molecule has 1 aromatic carbocycles. The molecule has 1 aliphatic heterocycles. The van der Waals surface area contributed by atoms with E-state index in [0.717, 1.165) is 5.56 Å². The van der Waals surface area contributed by atoms with E-state index in [1.54, 1.807) is 4.90 Å². The minimum absolute atomic E-state index is 0.0513. The zero-order chi connectivity index (χ0) is 15.5. The van der Waals surface area contributed by atoms with Gasteiger partial charge in [0.1, 0.15) is 0 Å². The lowest BCUT2D eigenvalue weighted by atomic mass is 9.96. The van der Waals surface area contributed by atoms with Crippen molar-refractivity contribution in [1.82, 2.24) is 4.90 Å². The van der Waals surface area contributed by atoms with Gasteiger partial charge >= 0.3 is 12.1 Å². The predicted octanol–water partition coefficient (Wildman–Crippen LogP) is 2.86. The molecule has 116 valence electrons. The SMILES string of the molecule is CC(=O)OCC1CN(Cc2ccccc2)CC1C(F)(F)F. The largest absolute Gasteiger partial charge is 0.466 e. The number of likely N-dealkylation sites (tertiary alicyclic amines) is 1. The van der Waals surface area contributed by atoms with Crippen LogP contribution in [0.1, 0.15) is 12.5 Å². The van der Waals surface area contributed by atoms with Crippen LogP contribution in [-0.4, -0.2) is 36.7 Å². The fraction of sp³-hybridized carbons (Fsp3) is 0.533. The van der Waals surface area contributed by atoms with Gasteiger partial charge in [-0.2, -0.15) is 13.2 Å². The fourth-order valence-electron chi connectivity index (χ4n) is 2.70. The second kappa shape index (κ2) is 6.47. The van der Waals surface area contributed by atoms with Gasteiger partial charge in [0.25, 0.3) is 0 Å². The van der Waals surface area contributed by atoms with E-state index in [0.29, 0.717) is 6.54 Å². The smallest absolute Gasteiger partial charge is 0.393 e. The Bertz CT molecular complexity index is 476. The molecule has 0 radical (unpaired) electrons. The Labute approximate surface area is 121 Å². The average Bonchev–Trinajstić information content (AvgIpc) is 2.80. The minimum Gasteiger partial charge on any atom is -0.466 e. The first-order valence-electron chi connectivity index (χ1n) is 6.82. The summed E-state index contributed by atoms with van der Waals surface area (Å²) in [5.74, 6) is -2.68. The monoisotopic (exact) mass is 301 g/mol. The maximum absolute atomic E-state index is 13.1. The molecule has 0 amide bonds. The van der Waals surface area contributed by atoms with Crippen molar-refractivity contribution >= 4 is 5.97 Å². The molecule has 2 atom stereocenters. The molecule has 1 aliphatic rings. The van der Waals surface area contributed by atoms with Crippen molar-refractivity contribution < 1.29 is 22.7 Å². The first-order chi connectivity index (χ1) is 9.86. The van der Waals surface area contributed by atoms with Gasteiger partial charge in [-0.25, -0.2) is 0 Å². The molecule has 21 heavy (non-hydrogen) atoms. The Balaban J connectivity index is 2.01. The maximum Gasteiger partial charge on any atom is 0.393 e. The van der Waals surface area contributed by atoms with Crippen molar-refractivity contribution in [3.05, 3.63) is 35.9 Å². The molecule has 3 nitrogen and oxygen atoms in total. The first kappa shape index (κ1) is 15.8. The molecule has 2 rings (SSSR count). The maximum atomic E-state index is 13.1. The number of esters is 1. The van der Waals surface area contributed by atoms with Gasteiger partial charge in [-0.3, -0.25) is 9.69 Å². The number of hydrogen-bond donors (Lipinski definition) is 0. The summed E-state index contributed by atoms with van der Waals surface area (Å²) in [5, 5.41) is 0. The molecule has 0 aromatic heterocycles. The van der Waals surface area contributed by atoms with Gasteiger partial charge in [0.05, 0.1) is 12.5 Å². The number of halogens is 3. The Morgan fingerprint density at radius 2 is 1.95 bits per heavy atom. The number of rotatable bonds is 4. The van der Waals surface area contributed by atoms with Crippen LogP contribution in [0.5, 0.6) is 0 Å². The number of hydrogen-bond acceptors (Lipinski definition) is 3. The van der Waals surface area contributed by atoms with Gasteiger partial charge in [-0.1, -0.05) is 30.3 Å². The van der Waals surface area contributed by atoms with E-state index in [1.165, 1.54) is 6.92 Å². The van der Waals surface area contributed by atoms with E-state index >= 15 is 0 Å². The molecule has 0 spiro atoms. The van der Waals surface area contributed by atoms with Gasteiger partial charge in [-0.05, 0) is 5.56 Å². The van der Waals surface area contributed by atoms with E-state index < -0.39 is 24.0 Å². The molecule has 0 saturated carbocycles. The predicted molar refractivity (Wildman–Crippen MR) is 71.4 cm³/mol. The molecule has 1 aromatic rings. The highest BCUT2D eigenvalue weighted by atomic mass is 19.4. The summed E-state index contributed by atoms with van der Waals surface area (Å²) in [6, 6.07) is 9.38. The number of ether oxygens (including phenoxy) is 1. The zero-order valence-corrected chi connectivity index (χ0v) is 11.8. The van der Waals surface area contributed by atoms with Crippen LogP contribution in [-0.2, 0) is 16.1 Å². The summed E-state index contributed by atoms with van der Waals surface area (Å²) in [6.45, 7) is 1.74. The Morgan fingerprint density at radius 3 is 2.52 bits per heavy atom. The topological polar surface area (TPSA) is 29.5 Å². The van der Waals surface area contributed by atoms with Crippen LogP contribution in [0.3, 0.4) is 0 Å². The molecular formula is C15H18F3NO2. The standard InChI is InChI=1S/C15H18F3NO2/c1-11(20)21-10-13-8-19(9-14(13)15(16,17)18)7-12-5-3-2-4-6-12/h2-6,13-14H,7-10H2,1H3. The summed E-state index contributed by atoms with van der Waals surface area (Å²) in [4.78, 5) is 12.6. The molecule has 6 heteroatoms. The number of nitrogens with zero attached hydrogens (tertiary/aromatic N) is 1. The second-order valence-electron chi connectivity index (χ2n) is 5.39. The molecule has 0 aliphatic carbocycles. The van der Waals surface area contributed by atoms with E-state index in [2.05, 4.69) is 0 Å². The van der Waals surface area contributed by atoms with Crippen LogP contribution in [0.4, 0.5) is 13.2 Å². The normalized spacial score (nSPS) is 23.2. The molecule has 0 bridgehead atoms. The number of alkyl halides is 3. The van der Waals surface area contributed by atoms with Crippen LogP contribution < -0.4 is 0 Å². The molecule has 1 heterocycles. The van der Waals surface area contributed by atoms with Gasteiger partial charge in [0.2, 0.25) is 0 Å². The average molecular weight is 301 g/mol. The third kappa shape index (κ3) is 4.46. The van der Waals surface area contributed by atoms with Crippen LogP contribution in [0.15, 0.2) is 30.3 Å². The van der Waals surface area contributed by atoms with E-state index in [4.69, 9.17) is 4.74 Å². The van der Waals surface area contributed by atoms with Crippen molar-refractivity contribution in [3.8, 4) is 0 Å². The van der Waals surface area contributed by atoms with Crippen molar-refractivity contribution in [1.29, 1.82) is 0 Å². The zero-order valence-electron chi connectivity index (χ0n) is 11.8. The number of carbonyl (C=O) groups excluding carboxylic acids is 1. The quantitative estimate of drug-likeness (QED) is 0.801. The summed E-state index contributed by atoms with van der Waals surface area (Å²) < 4.78 is 44.0. The van der Waals surface area contributed by atoms with Crippen LogP contribution in [0.2, 0.25) is 0 Å². The summed E-state index contributed by atoms with van der Waals surface area (Å²) in [5.41, 5.74) is 0.978. The summed E-state index contributed by atoms with van der Waals surface area (Å²) in [6.07, 6.45) is -4.27. The molecule has 0 N–H and O–H groups in total. The third-order valence-electron chi connectivity index (χ3n) is 3.69. The highest BCUT2D eigenvalue weighted by molar-refractivity contribution is 5.65. The van der Waals surface area contributed by atoms with Gasteiger partial charge in [0, 0.05) is 32.5 Å². The van der Waals surface area contributed by atoms with Crippen molar-refractivity contribution in [3.63, 3.8) is 0 Å². The van der Waals surface area contributed by atoms with Gasteiger partial charge in [0.15, 0.2) is 0 Å². The van der Waals surface area contributed by atoms with Crippen LogP contribution in [0, 0.1) is 11.8 Å². The van der Waals surface area contributed by atoms with E-state index in [9.17, 15) is 18.0 Å².